The summed E-state index contributed by atoms with van der Waals surface area (Å²) >= 11 is 16.7. The molecule has 1 rings (SSSR count). The first-order valence-electron chi connectivity index (χ1n) is 4.24. The van der Waals surface area contributed by atoms with Crippen LogP contribution >= 0.6 is 34.8 Å². The number of rotatable bonds is 2. The molecule has 0 saturated carbocycles. The van der Waals surface area contributed by atoms with Gasteiger partial charge in [-0.2, -0.15) is 0 Å². The molecule has 0 unspecified atom stereocenters. The molecule has 0 aliphatic rings. The minimum absolute atomic E-state index is 0.429. The van der Waals surface area contributed by atoms with Crippen LogP contribution in [0.25, 0.3) is 0 Å². The quantitative estimate of drug-likeness (QED) is 0.604. The first-order valence-corrected chi connectivity index (χ1v) is 5.37. The molecule has 82 valence electrons. The summed E-state index contributed by atoms with van der Waals surface area (Å²) in [6.07, 6.45) is -0.796. The Hall–Kier alpha value is -0.440. The Bertz CT molecular complexity index is 332. The zero-order valence-corrected chi connectivity index (χ0v) is 10.2. The Morgan fingerprint density at radius 2 is 1.80 bits per heavy atom. The van der Waals surface area contributed by atoms with Gasteiger partial charge in [-0.1, -0.05) is 53.0 Å². The number of hydrogen-bond acceptors (Lipinski definition) is 2. The number of carbonyl (C=O) groups is 1. The molecule has 15 heavy (non-hydrogen) atoms. The van der Waals surface area contributed by atoms with E-state index < -0.39 is 15.9 Å². The van der Waals surface area contributed by atoms with Crippen molar-refractivity contribution in [1.82, 2.24) is 0 Å². The lowest BCUT2D eigenvalue weighted by Gasteiger charge is -2.20. The lowest BCUT2D eigenvalue weighted by molar-refractivity contribution is 0.0349. The summed E-state index contributed by atoms with van der Waals surface area (Å²) in [6, 6.07) is 8.53. The molecular formula is C10H9Cl3O2. The number of esters is 1. The summed E-state index contributed by atoms with van der Waals surface area (Å²) in [6.45, 7) is 1.52. The molecule has 0 spiro atoms. The summed E-state index contributed by atoms with van der Waals surface area (Å²) in [4.78, 5) is 11.5. The third kappa shape index (κ3) is 3.90. The van der Waals surface area contributed by atoms with E-state index in [1.165, 1.54) is 6.92 Å². The van der Waals surface area contributed by atoms with Crippen LogP contribution in [0.5, 0.6) is 0 Å². The molecule has 0 aliphatic heterocycles. The second-order valence-electron chi connectivity index (χ2n) is 2.96. The van der Waals surface area contributed by atoms with E-state index in [1.54, 1.807) is 30.3 Å². The average Bonchev–Trinajstić information content (AvgIpc) is 2.17. The number of hydrogen-bond donors (Lipinski definition) is 0. The smallest absolute Gasteiger partial charge is 0.338 e. The normalized spacial score (nSPS) is 13.3. The predicted octanol–water partition coefficient (Wildman–Crippen LogP) is 3.60. The Morgan fingerprint density at radius 1 is 1.27 bits per heavy atom. The maximum atomic E-state index is 11.5. The number of benzene rings is 1. The van der Waals surface area contributed by atoms with Gasteiger partial charge in [-0.3, -0.25) is 0 Å². The first kappa shape index (κ1) is 12.6. The highest BCUT2D eigenvalue weighted by atomic mass is 35.6. The van der Waals surface area contributed by atoms with E-state index in [9.17, 15) is 4.79 Å². The van der Waals surface area contributed by atoms with Gasteiger partial charge in [0.25, 0.3) is 0 Å². The lowest BCUT2D eigenvalue weighted by Crippen LogP contribution is -2.28. The van der Waals surface area contributed by atoms with E-state index >= 15 is 0 Å². The van der Waals surface area contributed by atoms with Crippen molar-refractivity contribution in [2.75, 3.05) is 0 Å². The van der Waals surface area contributed by atoms with Crippen LogP contribution < -0.4 is 0 Å². The SMILES string of the molecule is C[C@@H](OC(=O)c1ccccc1)C(Cl)(Cl)Cl. The van der Waals surface area contributed by atoms with Crippen LogP contribution in [-0.4, -0.2) is 15.9 Å². The van der Waals surface area contributed by atoms with E-state index in [-0.39, 0.29) is 0 Å². The van der Waals surface area contributed by atoms with Crippen molar-refractivity contribution < 1.29 is 9.53 Å². The molecule has 0 radical (unpaired) electrons. The number of carbonyl (C=O) groups excluding carboxylic acids is 1. The van der Waals surface area contributed by atoms with Crippen LogP contribution in [0.1, 0.15) is 17.3 Å². The van der Waals surface area contributed by atoms with Crippen molar-refractivity contribution in [2.45, 2.75) is 16.8 Å². The van der Waals surface area contributed by atoms with Crippen LogP contribution in [0.3, 0.4) is 0 Å². The van der Waals surface area contributed by atoms with Gasteiger partial charge >= 0.3 is 5.97 Å². The van der Waals surface area contributed by atoms with Crippen molar-refractivity contribution in [3.05, 3.63) is 35.9 Å². The Kier molecular flexibility index (Phi) is 4.26. The van der Waals surface area contributed by atoms with Crippen molar-refractivity contribution in [1.29, 1.82) is 0 Å². The standard InChI is InChI=1S/C10H9Cl3O2/c1-7(10(11,12)13)15-9(14)8-5-3-2-4-6-8/h2-7H,1H3/t7-/m1/s1. The topological polar surface area (TPSA) is 26.3 Å². The molecule has 0 bridgehead atoms. The van der Waals surface area contributed by atoms with Crippen LogP contribution in [0.2, 0.25) is 0 Å². The molecule has 0 N–H and O–H groups in total. The third-order valence-electron chi connectivity index (χ3n) is 1.75. The zero-order valence-electron chi connectivity index (χ0n) is 7.91. The molecule has 2 nitrogen and oxygen atoms in total. The second-order valence-corrected chi connectivity index (χ2v) is 5.32. The van der Waals surface area contributed by atoms with E-state index in [4.69, 9.17) is 39.5 Å². The van der Waals surface area contributed by atoms with E-state index in [1.807, 2.05) is 0 Å². The van der Waals surface area contributed by atoms with Crippen molar-refractivity contribution in [3.63, 3.8) is 0 Å². The number of alkyl halides is 3. The molecule has 0 fully saturated rings. The van der Waals surface area contributed by atoms with Crippen LogP contribution in [-0.2, 0) is 4.74 Å². The molecule has 5 heteroatoms. The van der Waals surface area contributed by atoms with Gasteiger partial charge in [-0.25, -0.2) is 4.79 Å². The summed E-state index contributed by atoms with van der Waals surface area (Å²) in [7, 11) is 0. The van der Waals surface area contributed by atoms with Gasteiger partial charge in [0.2, 0.25) is 3.79 Å². The largest absolute Gasteiger partial charge is 0.455 e. The molecule has 0 amide bonds. The van der Waals surface area contributed by atoms with Crippen molar-refractivity contribution in [2.24, 2.45) is 0 Å². The molecule has 0 aliphatic carbocycles. The molecule has 1 aromatic carbocycles. The summed E-state index contributed by atoms with van der Waals surface area (Å²) in [5.74, 6) is -0.505. The summed E-state index contributed by atoms with van der Waals surface area (Å²) in [5.41, 5.74) is 0.429. The van der Waals surface area contributed by atoms with Gasteiger partial charge in [0.15, 0.2) is 0 Å². The van der Waals surface area contributed by atoms with Gasteiger partial charge in [0.05, 0.1) is 5.56 Å². The first-order chi connectivity index (χ1) is 6.91. The highest BCUT2D eigenvalue weighted by Crippen LogP contribution is 2.32. The zero-order chi connectivity index (χ0) is 11.5. The molecule has 1 atom stereocenters. The van der Waals surface area contributed by atoms with Crippen LogP contribution in [0.4, 0.5) is 0 Å². The average molecular weight is 268 g/mol. The summed E-state index contributed by atoms with van der Waals surface area (Å²) in [5, 5.41) is 0. The minimum Gasteiger partial charge on any atom is -0.455 e. The molecule has 0 saturated heterocycles. The van der Waals surface area contributed by atoms with Crippen LogP contribution in [0.15, 0.2) is 30.3 Å². The second kappa shape index (κ2) is 5.06. The minimum atomic E-state index is -1.61. The summed E-state index contributed by atoms with van der Waals surface area (Å²) < 4.78 is 3.36. The Balaban J connectivity index is 2.65. The van der Waals surface area contributed by atoms with Crippen molar-refractivity contribution in [3.8, 4) is 0 Å². The third-order valence-corrected chi connectivity index (χ3v) is 2.68. The Labute approximate surface area is 103 Å². The highest BCUT2D eigenvalue weighted by Gasteiger charge is 2.32. The van der Waals surface area contributed by atoms with E-state index in [0.717, 1.165) is 0 Å². The van der Waals surface area contributed by atoms with E-state index in [0.29, 0.717) is 5.56 Å². The number of ether oxygens (including phenoxy) is 1. The van der Waals surface area contributed by atoms with Crippen LogP contribution in [0, 0.1) is 0 Å². The number of halogens is 3. The monoisotopic (exact) mass is 266 g/mol. The molecule has 0 aromatic heterocycles. The van der Waals surface area contributed by atoms with Gasteiger partial charge < -0.3 is 4.74 Å². The fraction of sp³-hybridized carbons (Fsp3) is 0.300. The van der Waals surface area contributed by atoms with Crippen molar-refractivity contribution >= 4 is 40.8 Å². The fourth-order valence-electron chi connectivity index (χ4n) is 0.870. The fourth-order valence-corrected chi connectivity index (χ4v) is 1.00. The van der Waals surface area contributed by atoms with Gasteiger partial charge in [0.1, 0.15) is 6.10 Å². The van der Waals surface area contributed by atoms with Gasteiger partial charge in [0, 0.05) is 0 Å². The maximum Gasteiger partial charge on any atom is 0.338 e. The maximum absolute atomic E-state index is 11.5. The lowest BCUT2D eigenvalue weighted by atomic mass is 10.2. The molecular weight excluding hydrogens is 258 g/mol. The Morgan fingerprint density at radius 3 is 2.27 bits per heavy atom. The van der Waals surface area contributed by atoms with Gasteiger partial charge in [-0.15, -0.1) is 0 Å². The predicted molar refractivity (Wildman–Crippen MR) is 61.6 cm³/mol. The van der Waals surface area contributed by atoms with Gasteiger partial charge in [-0.05, 0) is 19.1 Å². The molecule has 1 aromatic rings. The van der Waals surface area contributed by atoms with E-state index in [2.05, 4.69) is 0 Å². The highest BCUT2D eigenvalue weighted by molar-refractivity contribution is 6.68. The molecule has 0 heterocycles.